The van der Waals surface area contributed by atoms with Crippen LogP contribution in [0.1, 0.15) is 33.1 Å². The molecule has 2 N–H and O–H groups in total. The molecule has 1 aliphatic rings. The molecule has 1 saturated heterocycles. The maximum Gasteiger partial charge on any atom is 0.164 e. The van der Waals surface area contributed by atoms with Crippen molar-refractivity contribution in [3.05, 3.63) is 23.5 Å². The summed E-state index contributed by atoms with van der Waals surface area (Å²) in [6.07, 6.45) is 5.01. The Bertz CT molecular complexity index is 752. The zero-order valence-electron chi connectivity index (χ0n) is 15.1. The molecular formula is C18H25ClN3O3P. The normalized spacial score (nSPS) is 16.0. The summed E-state index contributed by atoms with van der Waals surface area (Å²) in [7, 11) is -1.78. The smallest absolute Gasteiger partial charge is 0.164 e. The summed E-state index contributed by atoms with van der Waals surface area (Å²) >= 11 is 6.33. The molecule has 2 aromatic rings. The lowest BCUT2D eigenvalue weighted by molar-refractivity contribution is 0.245. The minimum Gasteiger partial charge on any atom is -0.487 e. The van der Waals surface area contributed by atoms with Gasteiger partial charge in [-0.3, -0.25) is 0 Å². The van der Waals surface area contributed by atoms with Crippen molar-refractivity contribution in [3.63, 3.8) is 0 Å². The first kappa shape index (κ1) is 19.6. The van der Waals surface area contributed by atoms with Gasteiger partial charge in [0.25, 0.3) is 0 Å². The average molecular weight is 398 g/mol. The Morgan fingerprint density at radius 1 is 1.27 bits per heavy atom. The molecule has 1 aromatic carbocycles. The fourth-order valence-corrected chi connectivity index (χ4v) is 4.19. The van der Waals surface area contributed by atoms with Gasteiger partial charge in [-0.05, 0) is 51.2 Å². The Morgan fingerprint density at radius 2 is 2.00 bits per heavy atom. The number of aromatic nitrogens is 2. The second-order valence-electron chi connectivity index (χ2n) is 6.95. The minimum atomic E-state index is -1.78. The van der Waals surface area contributed by atoms with E-state index in [2.05, 4.69) is 14.9 Å². The van der Waals surface area contributed by atoms with Crippen LogP contribution in [0.5, 0.6) is 5.75 Å². The van der Waals surface area contributed by atoms with Crippen molar-refractivity contribution in [2.75, 3.05) is 24.2 Å². The van der Waals surface area contributed by atoms with E-state index in [9.17, 15) is 0 Å². The maximum absolute atomic E-state index is 9.11. The number of fused-ring (bicyclic) bond motifs is 1. The van der Waals surface area contributed by atoms with Crippen LogP contribution in [0.2, 0.25) is 5.02 Å². The van der Waals surface area contributed by atoms with Crippen molar-refractivity contribution in [3.8, 4) is 5.75 Å². The van der Waals surface area contributed by atoms with Crippen molar-refractivity contribution in [2.24, 2.45) is 5.92 Å². The number of hydrogen-bond donors (Lipinski definition) is 2. The molecule has 8 heteroatoms. The SMILES string of the molecule is CC(C)Oc1c(Cl)ccc2c(N3CCC(CCP(O)O)CC3)ncnc12. The van der Waals surface area contributed by atoms with Gasteiger partial charge in [0.15, 0.2) is 14.1 Å². The van der Waals surface area contributed by atoms with Crippen LogP contribution in [-0.4, -0.2) is 45.1 Å². The lowest BCUT2D eigenvalue weighted by atomic mass is 9.94. The lowest BCUT2D eigenvalue weighted by Gasteiger charge is -2.33. The first-order valence-corrected chi connectivity index (χ1v) is 10.8. The predicted molar refractivity (Wildman–Crippen MR) is 106 cm³/mol. The van der Waals surface area contributed by atoms with Gasteiger partial charge in [0.2, 0.25) is 0 Å². The summed E-state index contributed by atoms with van der Waals surface area (Å²) in [5.41, 5.74) is 0.740. The Morgan fingerprint density at radius 3 is 2.65 bits per heavy atom. The standard InChI is InChI=1S/C18H25ClN3O3P/c1-12(2)25-17-15(19)4-3-14-16(17)20-11-21-18(14)22-8-5-13(6-9-22)7-10-26(23)24/h3-4,11-13,23-24H,5-10H2,1-2H3. The molecule has 0 aliphatic carbocycles. The van der Waals surface area contributed by atoms with Crippen LogP contribution in [0, 0.1) is 5.92 Å². The molecule has 0 bridgehead atoms. The molecule has 0 spiro atoms. The highest BCUT2D eigenvalue weighted by Crippen LogP contribution is 2.37. The third-order valence-corrected chi connectivity index (χ3v) is 5.65. The summed E-state index contributed by atoms with van der Waals surface area (Å²) in [5.74, 6) is 2.06. The van der Waals surface area contributed by atoms with Gasteiger partial charge in [0, 0.05) is 24.6 Å². The second-order valence-corrected chi connectivity index (χ2v) is 8.55. The van der Waals surface area contributed by atoms with E-state index in [-0.39, 0.29) is 6.10 Å². The van der Waals surface area contributed by atoms with E-state index in [1.54, 1.807) is 6.33 Å². The number of hydrogen-bond acceptors (Lipinski definition) is 6. The number of benzene rings is 1. The van der Waals surface area contributed by atoms with Gasteiger partial charge >= 0.3 is 0 Å². The maximum atomic E-state index is 9.11. The molecule has 0 amide bonds. The first-order valence-electron chi connectivity index (χ1n) is 8.95. The molecule has 0 radical (unpaired) electrons. The Labute approximate surface area is 160 Å². The molecule has 0 atom stereocenters. The summed E-state index contributed by atoms with van der Waals surface area (Å²) in [6, 6.07) is 3.79. The Kier molecular flexibility index (Phi) is 6.51. The Hall–Kier alpha value is -1.20. The number of halogens is 1. The number of anilines is 1. The van der Waals surface area contributed by atoms with Crippen LogP contribution in [0.4, 0.5) is 5.82 Å². The highest BCUT2D eigenvalue weighted by atomic mass is 35.5. The largest absolute Gasteiger partial charge is 0.487 e. The van der Waals surface area contributed by atoms with Crippen LogP contribution in [0.15, 0.2) is 18.5 Å². The van der Waals surface area contributed by atoms with Crippen molar-refractivity contribution < 1.29 is 14.5 Å². The average Bonchev–Trinajstić information content (AvgIpc) is 2.62. The molecule has 1 aliphatic heterocycles. The van der Waals surface area contributed by atoms with E-state index in [1.165, 1.54) is 0 Å². The molecular weight excluding hydrogens is 373 g/mol. The van der Waals surface area contributed by atoms with Crippen molar-refractivity contribution in [2.45, 2.75) is 39.2 Å². The Balaban J connectivity index is 1.81. The van der Waals surface area contributed by atoms with Crippen LogP contribution < -0.4 is 9.64 Å². The van der Waals surface area contributed by atoms with Crippen molar-refractivity contribution in [1.29, 1.82) is 0 Å². The van der Waals surface area contributed by atoms with Crippen LogP contribution in [0.25, 0.3) is 10.9 Å². The quantitative estimate of drug-likeness (QED) is 0.718. The zero-order chi connectivity index (χ0) is 18.7. The molecule has 2 heterocycles. The van der Waals surface area contributed by atoms with Gasteiger partial charge in [0.05, 0.1) is 11.1 Å². The molecule has 1 fully saturated rings. The lowest BCUT2D eigenvalue weighted by Crippen LogP contribution is -2.34. The topological polar surface area (TPSA) is 78.7 Å². The van der Waals surface area contributed by atoms with Crippen LogP contribution >= 0.6 is 20.0 Å². The molecule has 0 saturated carbocycles. The molecule has 142 valence electrons. The van der Waals surface area contributed by atoms with E-state index >= 15 is 0 Å². The van der Waals surface area contributed by atoms with E-state index in [0.29, 0.717) is 22.9 Å². The van der Waals surface area contributed by atoms with Crippen LogP contribution in [0.3, 0.4) is 0 Å². The third kappa shape index (κ3) is 4.55. The fourth-order valence-electron chi connectivity index (χ4n) is 3.40. The van der Waals surface area contributed by atoms with Gasteiger partial charge in [-0.25, -0.2) is 9.97 Å². The highest BCUT2D eigenvalue weighted by molar-refractivity contribution is 7.45. The van der Waals surface area contributed by atoms with Crippen molar-refractivity contribution in [1.82, 2.24) is 9.97 Å². The summed E-state index contributed by atoms with van der Waals surface area (Å²) in [5, 5.41) is 1.50. The van der Waals surface area contributed by atoms with Gasteiger partial charge < -0.3 is 19.4 Å². The van der Waals surface area contributed by atoms with Crippen molar-refractivity contribution >= 4 is 36.7 Å². The monoisotopic (exact) mass is 397 g/mol. The zero-order valence-corrected chi connectivity index (χ0v) is 16.7. The molecule has 26 heavy (non-hydrogen) atoms. The third-order valence-electron chi connectivity index (χ3n) is 4.70. The molecule has 3 rings (SSSR count). The van der Waals surface area contributed by atoms with Gasteiger partial charge in [0.1, 0.15) is 17.7 Å². The van der Waals surface area contributed by atoms with E-state index in [4.69, 9.17) is 26.1 Å². The predicted octanol–water partition coefficient (Wildman–Crippen LogP) is 3.97. The molecule has 6 nitrogen and oxygen atoms in total. The number of ether oxygens (including phenoxy) is 1. The fraction of sp³-hybridized carbons (Fsp3) is 0.556. The highest BCUT2D eigenvalue weighted by Gasteiger charge is 2.23. The summed E-state index contributed by atoms with van der Waals surface area (Å²) in [6.45, 7) is 5.72. The number of rotatable bonds is 6. The van der Waals surface area contributed by atoms with E-state index in [1.807, 2.05) is 26.0 Å². The molecule has 1 aromatic heterocycles. The summed E-state index contributed by atoms with van der Waals surface area (Å²) in [4.78, 5) is 29.4. The number of nitrogens with zero attached hydrogens (tertiary/aromatic N) is 3. The minimum absolute atomic E-state index is 0.00999. The number of piperidine rings is 1. The van der Waals surface area contributed by atoms with Gasteiger partial charge in [-0.15, -0.1) is 0 Å². The van der Waals surface area contributed by atoms with Gasteiger partial charge in [-0.2, -0.15) is 0 Å². The molecule has 0 unspecified atom stereocenters. The van der Waals surface area contributed by atoms with E-state index < -0.39 is 8.38 Å². The first-order chi connectivity index (χ1) is 12.5. The van der Waals surface area contributed by atoms with E-state index in [0.717, 1.165) is 49.1 Å². The second kappa shape index (κ2) is 8.66. The van der Waals surface area contributed by atoms with Gasteiger partial charge in [-0.1, -0.05) is 11.6 Å². The van der Waals surface area contributed by atoms with Crippen LogP contribution in [-0.2, 0) is 0 Å². The summed E-state index contributed by atoms with van der Waals surface area (Å²) < 4.78 is 5.89.